The van der Waals surface area contributed by atoms with Crippen LogP contribution in [0.15, 0.2) is 11.9 Å². The van der Waals surface area contributed by atoms with Gasteiger partial charge >= 0.3 is 5.97 Å². The molecule has 0 unspecified atom stereocenters. The highest BCUT2D eigenvalue weighted by Crippen LogP contribution is 2.11. The first-order valence-corrected chi connectivity index (χ1v) is 6.77. The van der Waals surface area contributed by atoms with Crippen molar-refractivity contribution in [3.63, 3.8) is 0 Å². The van der Waals surface area contributed by atoms with Crippen molar-refractivity contribution in [3.05, 3.63) is 11.9 Å². The summed E-state index contributed by atoms with van der Waals surface area (Å²) in [6.45, 7) is 2.21. The fraction of sp³-hybridized carbons (Fsp3) is 0.786. The maximum absolute atomic E-state index is 12.5. The fourth-order valence-corrected chi connectivity index (χ4v) is 1.77. The van der Waals surface area contributed by atoms with Gasteiger partial charge in [-0.1, -0.05) is 58.3 Å². The second kappa shape index (κ2) is 11.6. The largest absolute Gasteiger partial charge is 0.476 e. The van der Waals surface area contributed by atoms with Crippen molar-refractivity contribution in [2.75, 3.05) is 0 Å². The van der Waals surface area contributed by atoms with Crippen molar-refractivity contribution in [2.24, 2.45) is 0 Å². The molecule has 0 atom stereocenters. The van der Waals surface area contributed by atoms with E-state index in [1.807, 2.05) is 0 Å². The molecule has 0 radical (unpaired) electrons. The average molecular weight is 244 g/mol. The fourth-order valence-electron chi connectivity index (χ4n) is 1.77. The van der Waals surface area contributed by atoms with Gasteiger partial charge in [-0.2, -0.15) is 4.39 Å². The summed E-state index contributed by atoms with van der Waals surface area (Å²) in [6.07, 6.45) is 12.6. The van der Waals surface area contributed by atoms with Gasteiger partial charge in [0.05, 0.1) is 0 Å². The number of hydrogen-bond donors (Lipinski definition) is 1. The van der Waals surface area contributed by atoms with Gasteiger partial charge < -0.3 is 5.11 Å². The lowest BCUT2D eigenvalue weighted by molar-refractivity contribution is -0.134. The van der Waals surface area contributed by atoms with Gasteiger partial charge in [0.2, 0.25) is 5.83 Å². The number of carbonyl (C=O) groups is 1. The minimum atomic E-state index is -1.46. The molecule has 0 bridgehead atoms. The smallest absolute Gasteiger partial charge is 0.364 e. The van der Waals surface area contributed by atoms with Crippen LogP contribution in [0, 0.1) is 0 Å². The van der Waals surface area contributed by atoms with Crippen LogP contribution < -0.4 is 0 Å². The van der Waals surface area contributed by atoms with Gasteiger partial charge in [-0.05, 0) is 18.9 Å². The highest BCUT2D eigenvalue weighted by Gasteiger charge is 2.02. The lowest BCUT2D eigenvalue weighted by atomic mass is 10.1. The first-order valence-electron chi connectivity index (χ1n) is 6.77. The predicted molar refractivity (Wildman–Crippen MR) is 68.7 cm³/mol. The molecular weight excluding hydrogens is 219 g/mol. The Morgan fingerprint density at radius 1 is 1.00 bits per heavy atom. The Hall–Kier alpha value is -0.860. The van der Waals surface area contributed by atoms with Crippen LogP contribution in [0.1, 0.15) is 71.1 Å². The summed E-state index contributed by atoms with van der Waals surface area (Å²) >= 11 is 0. The quantitative estimate of drug-likeness (QED) is 0.417. The number of carboxylic acid groups (broad SMARTS) is 1. The molecule has 17 heavy (non-hydrogen) atoms. The van der Waals surface area contributed by atoms with Crippen LogP contribution in [0.4, 0.5) is 4.39 Å². The molecule has 0 aliphatic carbocycles. The van der Waals surface area contributed by atoms with Gasteiger partial charge in [-0.15, -0.1) is 0 Å². The van der Waals surface area contributed by atoms with Crippen molar-refractivity contribution in [2.45, 2.75) is 71.1 Å². The van der Waals surface area contributed by atoms with E-state index in [1.54, 1.807) is 0 Å². The number of allylic oxidation sites excluding steroid dienone is 1. The third kappa shape index (κ3) is 11.4. The number of halogens is 1. The summed E-state index contributed by atoms with van der Waals surface area (Å²) in [6, 6.07) is 0. The van der Waals surface area contributed by atoms with Crippen LogP contribution in [0.3, 0.4) is 0 Å². The Bertz CT molecular complexity index is 224. The Morgan fingerprint density at radius 3 is 1.94 bits per heavy atom. The van der Waals surface area contributed by atoms with Gasteiger partial charge in [0.1, 0.15) is 0 Å². The van der Waals surface area contributed by atoms with E-state index in [4.69, 9.17) is 5.11 Å². The summed E-state index contributed by atoms with van der Waals surface area (Å²) < 4.78 is 12.5. The molecule has 0 heterocycles. The highest BCUT2D eigenvalue weighted by molar-refractivity contribution is 5.83. The third-order valence-corrected chi connectivity index (χ3v) is 2.84. The Morgan fingerprint density at radius 2 is 1.47 bits per heavy atom. The average Bonchev–Trinajstić information content (AvgIpc) is 2.31. The molecule has 0 aromatic rings. The number of unbranched alkanes of at least 4 members (excludes halogenated alkanes) is 9. The van der Waals surface area contributed by atoms with E-state index in [0.717, 1.165) is 12.8 Å². The number of rotatable bonds is 11. The van der Waals surface area contributed by atoms with E-state index in [1.165, 1.54) is 51.0 Å². The summed E-state index contributed by atoms with van der Waals surface area (Å²) in [5, 5.41) is 8.28. The molecule has 0 aromatic heterocycles. The van der Waals surface area contributed by atoms with Crippen LogP contribution in [0.5, 0.6) is 0 Å². The van der Waals surface area contributed by atoms with Crippen LogP contribution in [0.25, 0.3) is 0 Å². The standard InChI is InChI=1S/C14H25FO2/c1-2-3-4-5-6-7-8-9-10-11-12-13(15)14(16)17/h12H,2-11H2,1H3,(H,16,17). The van der Waals surface area contributed by atoms with Gasteiger partial charge in [0.25, 0.3) is 0 Å². The zero-order chi connectivity index (χ0) is 12.9. The molecule has 0 saturated carbocycles. The van der Waals surface area contributed by atoms with Crippen molar-refractivity contribution >= 4 is 5.97 Å². The molecule has 0 amide bonds. The van der Waals surface area contributed by atoms with Crippen LogP contribution in [-0.2, 0) is 4.79 Å². The van der Waals surface area contributed by atoms with E-state index in [9.17, 15) is 9.18 Å². The van der Waals surface area contributed by atoms with Crippen LogP contribution in [-0.4, -0.2) is 11.1 Å². The summed E-state index contributed by atoms with van der Waals surface area (Å²) in [5.41, 5.74) is 0. The molecule has 0 saturated heterocycles. The molecule has 0 rings (SSSR count). The molecule has 3 heteroatoms. The van der Waals surface area contributed by atoms with Crippen LogP contribution in [0.2, 0.25) is 0 Å². The minimum Gasteiger partial charge on any atom is -0.476 e. The Labute approximate surface area is 104 Å². The molecule has 0 aliphatic heterocycles. The lowest BCUT2D eigenvalue weighted by Gasteiger charge is -2.00. The second-order valence-electron chi connectivity index (χ2n) is 4.47. The van der Waals surface area contributed by atoms with Gasteiger partial charge in [0.15, 0.2) is 0 Å². The van der Waals surface area contributed by atoms with E-state index in [-0.39, 0.29) is 0 Å². The van der Waals surface area contributed by atoms with E-state index in [0.29, 0.717) is 6.42 Å². The SMILES string of the molecule is CCCCCCCCCCCC=C(F)C(=O)O. The second-order valence-corrected chi connectivity index (χ2v) is 4.47. The molecule has 100 valence electrons. The normalized spacial score (nSPS) is 11.8. The Kier molecular flexibility index (Phi) is 11.0. The van der Waals surface area contributed by atoms with Crippen molar-refractivity contribution in [1.29, 1.82) is 0 Å². The Balaban J connectivity index is 3.19. The van der Waals surface area contributed by atoms with E-state index in [2.05, 4.69) is 6.92 Å². The molecule has 0 fully saturated rings. The topological polar surface area (TPSA) is 37.3 Å². The summed E-state index contributed by atoms with van der Waals surface area (Å²) in [5.74, 6) is -2.48. The molecular formula is C14H25FO2. The molecule has 0 spiro atoms. The van der Waals surface area contributed by atoms with Crippen molar-refractivity contribution in [1.82, 2.24) is 0 Å². The zero-order valence-electron chi connectivity index (χ0n) is 10.9. The third-order valence-electron chi connectivity index (χ3n) is 2.84. The molecule has 0 aromatic carbocycles. The zero-order valence-corrected chi connectivity index (χ0v) is 10.9. The first kappa shape index (κ1) is 16.1. The van der Waals surface area contributed by atoms with E-state index >= 15 is 0 Å². The monoisotopic (exact) mass is 244 g/mol. The molecule has 0 aliphatic rings. The number of carboxylic acids is 1. The van der Waals surface area contributed by atoms with Crippen molar-refractivity contribution < 1.29 is 14.3 Å². The maximum Gasteiger partial charge on any atom is 0.364 e. The van der Waals surface area contributed by atoms with Gasteiger partial charge in [-0.25, -0.2) is 4.79 Å². The van der Waals surface area contributed by atoms with Gasteiger partial charge in [-0.3, -0.25) is 0 Å². The van der Waals surface area contributed by atoms with E-state index < -0.39 is 11.8 Å². The molecule has 2 nitrogen and oxygen atoms in total. The van der Waals surface area contributed by atoms with Crippen molar-refractivity contribution in [3.8, 4) is 0 Å². The minimum absolute atomic E-state index is 0.536. The highest BCUT2D eigenvalue weighted by atomic mass is 19.1. The number of hydrogen-bond acceptors (Lipinski definition) is 1. The summed E-state index contributed by atoms with van der Waals surface area (Å²) in [4.78, 5) is 10.1. The maximum atomic E-state index is 12.5. The van der Waals surface area contributed by atoms with Gasteiger partial charge in [0, 0.05) is 0 Å². The number of aliphatic carboxylic acids is 1. The summed E-state index contributed by atoms with van der Waals surface area (Å²) in [7, 11) is 0. The lowest BCUT2D eigenvalue weighted by Crippen LogP contribution is -1.94. The molecule has 1 N–H and O–H groups in total. The van der Waals surface area contributed by atoms with Crippen LogP contribution >= 0.6 is 0 Å². The first-order chi connectivity index (χ1) is 8.18. The predicted octanol–water partition coefficient (Wildman–Crippen LogP) is 4.85.